The maximum Gasteiger partial charge on any atom is 0.143 e. The molecule has 4 rings (SSSR count). The van der Waals surface area contributed by atoms with E-state index < -0.39 is 0 Å². The van der Waals surface area contributed by atoms with Gasteiger partial charge in [0.05, 0.1) is 24.1 Å². The third-order valence-electron chi connectivity index (χ3n) is 3.92. The minimum atomic E-state index is 0.0398. The van der Waals surface area contributed by atoms with E-state index in [1.165, 1.54) is 0 Å². The van der Waals surface area contributed by atoms with Crippen molar-refractivity contribution in [2.45, 2.75) is 13.5 Å². The molecule has 0 spiro atoms. The van der Waals surface area contributed by atoms with Gasteiger partial charge in [-0.3, -0.25) is 0 Å². The number of hydrogen-bond acceptors (Lipinski definition) is 4. The minimum absolute atomic E-state index is 0.0398. The normalized spacial score (nSPS) is 11.2. The first-order valence-electron chi connectivity index (χ1n) is 7.35. The summed E-state index contributed by atoms with van der Waals surface area (Å²) in [6, 6.07) is 11.9. The van der Waals surface area contributed by atoms with E-state index in [0.29, 0.717) is 0 Å². The van der Waals surface area contributed by atoms with E-state index in [4.69, 9.17) is 4.52 Å². The van der Waals surface area contributed by atoms with Crippen LogP contribution < -0.4 is 0 Å². The smallest absolute Gasteiger partial charge is 0.143 e. The summed E-state index contributed by atoms with van der Waals surface area (Å²) in [7, 11) is 0. The molecule has 5 nitrogen and oxygen atoms in total. The number of pyridine rings is 1. The largest absolute Gasteiger partial charge is 0.392 e. The average molecular weight is 305 g/mol. The number of nitrogens with zero attached hydrogens (tertiary/aromatic N) is 3. The molecule has 3 heterocycles. The molecule has 0 aliphatic carbocycles. The van der Waals surface area contributed by atoms with Crippen LogP contribution in [0.3, 0.4) is 0 Å². The summed E-state index contributed by atoms with van der Waals surface area (Å²) in [5.41, 5.74) is 5.63. The van der Waals surface area contributed by atoms with Gasteiger partial charge in [-0.2, -0.15) is 0 Å². The van der Waals surface area contributed by atoms with Crippen LogP contribution in [0, 0.1) is 6.92 Å². The Hall–Kier alpha value is -2.92. The second-order valence-electron chi connectivity index (χ2n) is 5.46. The van der Waals surface area contributed by atoms with Crippen LogP contribution >= 0.6 is 0 Å². The Morgan fingerprint density at radius 3 is 2.83 bits per heavy atom. The van der Waals surface area contributed by atoms with Crippen LogP contribution in [0.1, 0.15) is 11.3 Å². The Morgan fingerprint density at radius 1 is 1.13 bits per heavy atom. The van der Waals surface area contributed by atoms with E-state index in [1.807, 2.05) is 60.1 Å². The molecule has 0 saturated carbocycles. The molecule has 1 N–H and O–H groups in total. The van der Waals surface area contributed by atoms with Gasteiger partial charge in [-0.1, -0.05) is 23.4 Å². The maximum absolute atomic E-state index is 9.29. The summed E-state index contributed by atoms with van der Waals surface area (Å²) in [4.78, 5) is 4.61. The Labute approximate surface area is 132 Å². The SMILES string of the molecule is Cc1oncc1-c1cn2cc(-c3cccc(CO)c3)ccc2n1. The van der Waals surface area contributed by atoms with Crippen molar-refractivity contribution in [3.05, 3.63) is 66.3 Å². The number of hydrogen-bond donors (Lipinski definition) is 1. The predicted octanol–water partition coefficient (Wildman–Crippen LogP) is 3.46. The number of rotatable bonds is 3. The monoisotopic (exact) mass is 305 g/mol. The van der Waals surface area contributed by atoms with Crippen LogP contribution in [0.5, 0.6) is 0 Å². The van der Waals surface area contributed by atoms with E-state index in [9.17, 15) is 5.11 Å². The number of imidazole rings is 1. The third kappa shape index (κ3) is 2.41. The fraction of sp³-hybridized carbons (Fsp3) is 0.111. The summed E-state index contributed by atoms with van der Waals surface area (Å²) in [6.45, 7) is 1.91. The highest BCUT2D eigenvalue weighted by Gasteiger charge is 2.11. The van der Waals surface area contributed by atoms with E-state index in [2.05, 4.69) is 10.1 Å². The van der Waals surface area contributed by atoms with Gasteiger partial charge in [0, 0.05) is 12.4 Å². The highest BCUT2D eigenvalue weighted by atomic mass is 16.5. The molecular formula is C18H15N3O2. The lowest BCUT2D eigenvalue weighted by Gasteiger charge is -2.04. The van der Waals surface area contributed by atoms with Crippen molar-refractivity contribution in [3.63, 3.8) is 0 Å². The molecular weight excluding hydrogens is 290 g/mol. The van der Waals surface area contributed by atoms with Gasteiger partial charge in [0.15, 0.2) is 0 Å². The van der Waals surface area contributed by atoms with E-state index in [0.717, 1.165) is 39.4 Å². The molecule has 4 aromatic rings. The van der Waals surface area contributed by atoms with E-state index in [1.54, 1.807) is 6.20 Å². The van der Waals surface area contributed by atoms with Crippen molar-refractivity contribution in [3.8, 4) is 22.4 Å². The Kier molecular flexibility index (Phi) is 3.20. The van der Waals surface area contributed by atoms with E-state index >= 15 is 0 Å². The van der Waals surface area contributed by atoms with Crippen LogP contribution in [-0.4, -0.2) is 19.6 Å². The van der Waals surface area contributed by atoms with Gasteiger partial charge in [0.2, 0.25) is 0 Å². The molecule has 5 heteroatoms. The molecule has 0 aliphatic heterocycles. The first-order valence-corrected chi connectivity index (χ1v) is 7.35. The van der Waals surface area contributed by atoms with Gasteiger partial charge in [-0.05, 0) is 41.8 Å². The van der Waals surface area contributed by atoms with Crippen LogP contribution in [0.2, 0.25) is 0 Å². The summed E-state index contributed by atoms with van der Waals surface area (Å²) < 4.78 is 7.10. The highest BCUT2D eigenvalue weighted by molar-refractivity contribution is 5.68. The van der Waals surface area contributed by atoms with Gasteiger partial charge in [-0.15, -0.1) is 0 Å². The first kappa shape index (κ1) is 13.7. The summed E-state index contributed by atoms with van der Waals surface area (Å²) in [5.74, 6) is 0.754. The molecule has 0 aliphatic rings. The summed E-state index contributed by atoms with van der Waals surface area (Å²) >= 11 is 0. The standard InChI is InChI=1S/C18H15N3O2/c1-12-16(8-19-23-12)17-10-21-9-15(5-6-18(21)20-17)14-4-2-3-13(7-14)11-22/h2-10,22H,11H2,1H3. The van der Waals surface area contributed by atoms with Crippen molar-refractivity contribution in [1.29, 1.82) is 0 Å². The molecule has 3 aromatic heterocycles. The number of aliphatic hydroxyl groups is 1. The first-order chi connectivity index (χ1) is 11.2. The molecule has 0 bridgehead atoms. The maximum atomic E-state index is 9.29. The average Bonchev–Trinajstić information content (AvgIpc) is 3.19. The second kappa shape index (κ2) is 5.37. The van der Waals surface area contributed by atoms with Gasteiger partial charge in [0.1, 0.15) is 11.4 Å². The van der Waals surface area contributed by atoms with Crippen LogP contribution in [0.15, 0.2) is 59.5 Å². The lowest BCUT2D eigenvalue weighted by Crippen LogP contribution is -1.87. The molecule has 0 saturated heterocycles. The Balaban J connectivity index is 1.80. The number of benzene rings is 1. The van der Waals surface area contributed by atoms with Crippen molar-refractivity contribution in [2.24, 2.45) is 0 Å². The minimum Gasteiger partial charge on any atom is -0.392 e. The van der Waals surface area contributed by atoms with Crippen LogP contribution in [-0.2, 0) is 6.61 Å². The van der Waals surface area contributed by atoms with Gasteiger partial charge >= 0.3 is 0 Å². The second-order valence-corrected chi connectivity index (χ2v) is 5.46. The summed E-state index contributed by atoms with van der Waals surface area (Å²) in [5, 5.41) is 13.1. The number of aryl methyl sites for hydroxylation is 1. The molecule has 23 heavy (non-hydrogen) atoms. The molecule has 1 aromatic carbocycles. The van der Waals surface area contributed by atoms with Gasteiger partial charge in [-0.25, -0.2) is 4.98 Å². The third-order valence-corrected chi connectivity index (χ3v) is 3.92. The fourth-order valence-corrected chi connectivity index (χ4v) is 2.69. The number of aromatic nitrogens is 3. The van der Waals surface area contributed by atoms with Gasteiger partial charge < -0.3 is 14.0 Å². The Morgan fingerprint density at radius 2 is 2.04 bits per heavy atom. The van der Waals surface area contributed by atoms with Crippen molar-refractivity contribution >= 4 is 5.65 Å². The van der Waals surface area contributed by atoms with E-state index in [-0.39, 0.29) is 6.61 Å². The lowest BCUT2D eigenvalue weighted by molar-refractivity contribution is 0.282. The van der Waals surface area contributed by atoms with Crippen molar-refractivity contribution in [1.82, 2.24) is 14.5 Å². The lowest BCUT2D eigenvalue weighted by atomic mass is 10.1. The summed E-state index contributed by atoms with van der Waals surface area (Å²) in [6.07, 6.45) is 5.68. The molecule has 114 valence electrons. The topological polar surface area (TPSA) is 63.6 Å². The van der Waals surface area contributed by atoms with Crippen LogP contribution in [0.4, 0.5) is 0 Å². The quantitative estimate of drug-likeness (QED) is 0.629. The highest BCUT2D eigenvalue weighted by Crippen LogP contribution is 2.25. The molecule has 0 amide bonds. The molecule has 0 unspecified atom stereocenters. The van der Waals surface area contributed by atoms with Crippen molar-refractivity contribution in [2.75, 3.05) is 0 Å². The zero-order valence-corrected chi connectivity index (χ0v) is 12.6. The van der Waals surface area contributed by atoms with Gasteiger partial charge in [0.25, 0.3) is 0 Å². The fourth-order valence-electron chi connectivity index (χ4n) is 2.69. The number of aliphatic hydroxyl groups excluding tert-OH is 1. The number of fused-ring (bicyclic) bond motifs is 1. The predicted molar refractivity (Wildman–Crippen MR) is 86.8 cm³/mol. The molecule has 0 fully saturated rings. The van der Waals surface area contributed by atoms with Crippen molar-refractivity contribution < 1.29 is 9.63 Å². The molecule has 0 radical (unpaired) electrons. The molecule has 0 atom stereocenters. The Bertz CT molecular complexity index is 985. The zero-order chi connectivity index (χ0) is 15.8. The van der Waals surface area contributed by atoms with Crippen LogP contribution in [0.25, 0.3) is 28.0 Å². The zero-order valence-electron chi connectivity index (χ0n) is 12.6.